The minimum absolute atomic E-state index is 0.0130. The third-order valence-corrected chi connectivity index (χ3v) is 3.46. The van der Waals surface area contributed by atoms with Gasteiger partial charge >= 0.3 is 0 Å². The summed E-state index contributed by atoms with van der Waals surface area (Å²) >= 11 is 0. The molecule has 0 spiro atoms. The van der Waals surface area contributed by atoms with Crippen molar-refractivity contribution in [3.05, 3.63) is 47.2 Å². The lowest BCUT2D eigenvalue weighted by atomic mass is 10.0. The molecule has 0 atom stereocenters. The van der Waals surface area contributed by atoms with Crippen LogP contribution in [0.15, 0.2) is 36.1 Å². The number of ether oxygens (including phenoxy) is 1. The molecule has 6 heteroatoms. The highest BCUT2D eigenvalue weighted by atomic mass is 16.5. The van der Waals surface area contributed by atoms with E-state index in [9.17, 15) is 25.2 Å². The number of carbonyl (C=O) groups is 1. The van der Waals surface area contributed by atoms with Gasteiger partial charge in [0.1, 0.15) is 22.8 Å². The average molecular weight is 300 g/mol. The quantitative estimate of drug-likeness (QED) is 0.476. The molecule has 0 aliphatic carbocycles. The first-order valence-corrected chi connectivity index (χ1v) is 6.40. The predicted octanol–water partition coefficient (Wildman–Crippen LogP) is 2.52. The Morgan fingerprint density at radius 2 is 1.68 bits per heavy atom. The van der Waals surface area contributed by atoms with Crippen LogP contribution in [0.25, 0.3) is 5.57 Å². The molecule has 0 aromatic heterocycles. The zero-order valence-electron chi connectivity index (χ0n) is 11.5. The first-order valence-electron chi connectivity index (χ1n) is 6.40. The molecule has 0 bridgehead atoms. The van der Waals surface area contributed by atoms with Crippen molar-refractivity contribution in [1.82, 2.24) is 0 Å². The zero-order valence-corrected chi connectivity index (χ0v) is 11.5. The van der Waals surface area contributed by atoms with Gasteiger partial charge in [-0.2, -0.15) is 0 Å². The van der Waals surface area contributed by atoms with E-state index in [-0.39, 0.29) is 40.1 Å². The van der Waals surface area contributed by atoms with Crippen molar-refractivity contribution in [3.63, 3.8) is 0 Å². The molecule has 22 heavy (non-hydrogen) atoms. The van der Waals surface area contributed by atoms with Gasteiger partial charge in [-0.25, -0.2) is 0 Å². The maximum atomic E-state index is 12.4. The predicted molar refractivity (Wildman–Crippen MR) is 77.1 cm³/mol. The Labute approximate surface area is 125 Å². The zero-order chi connectivity index (χ0) is 16.0. The molecule has 2 aromatic rings. The number of carbonyl (C=O) groups excluding carboxylic acids is 1. The summed E-state index contributed by atoms with van der Waals surface area (Å²) in [6.45, 7) is 1.61. The number of aromatic hydroxyl groups is 4. The number of Topliss-reactive ketones (excluding diaryl/α,β-unsaturated/α-hetero) is 1. The molecule has 1 aliphatic rings. The molecule has 1 aliphatic heterocycles. The van der Waals surface area contributed by atoms with Gasteiger partial charge in [0.2, 0.25) is 5.78 Å². The first kappa shape index (κ1) is 13.8. The highest BCUT2D eigenvalue weighted by molar-refractivity contribution is 6.17. The molecule has 4 N–H and O–H groups in total. The van der Waals surface area contributed by atoms with Crippen molar-refractivity contribution in [2.75, 3.05) is 0 Å². The van der Waals surface area contributed by atoms with E-state index in [1.165, 1.54) is 24.3 Å². The Bertz CT molecular complexity index is 835. The summed E-state index contributed by atoms with van der Waals surface area (Å²) in [5.74, 6) is -1.63. The molecule has 0 unspecified atom stereocenters. The second-order valence-corrected chi connectivity index (χ2v) is 4.93. The highest BCUT2D eigenvalue weighted by Crippen LogP contribution is 2.42. The van der Waals surface area contributed by atoms with Crippen molar-refractivity contribution in [3.8, 4) is 28.7 Å². The molecule has 112 valence electrons. The molecular weight excluding hydrogens is 288 g/mol. The van der Waals surface area contributed by atoms with Gasteiger partial charge in [0.15, 0.2) is 17.3 Å². The monoisotopic (exact) mass is 300 g/mol. The number of ketones is 1. The van der Waals surface area contributed by atoms with Crippen molar-refractivity contribution in [2.45, 2.75) is 6.92 Å². The van der Waals surface area contributed by atoms with Gasteiger partial charge in [0, 0.05) is 17.7 Å². The third-order valence-electron chi connectivity index (χ3n) is 3.46. The Morgan fingerprint density at radius 3 is 2.36 bits per heavy atom. The maximum Gasteiger partial charge on any atom is 0.236 e. The molecular formula is C16H12O6. The highest BCUT2D eigenvalue weighted by Gasteiger charge is 2.33. The molecule has 2 aromatic carbocycles. The maximum absolute atomic E-state index is 12.4. The van der Waals surface area contributed by atoms with Crippen molar-refractivity contribution < 1.29 is 30.0 Å². The molecule has 6 nitrogen and oxygen atoms in total. The molecule has 3 rings (SSSR count). The van der Waals surface area contributed by atoms with Crippen LogP contribution in [0.5, 0.6) is 28.7 Å². The lowest BCUT2D eigenvalue weighted by Gasteiger charge is -2.07. The van der Waals surface area contributed by atoms with Gasteiger partial charge < -0.3 is 25.2 Å². The molecule has 0 radical (unpaired) electrons. The molecule has 0 saturated heterocycles. The van der Waals surface area contributed by atoms with E-state index in [1.807, 2.05) is 0 Å². The third kappa shape index (κ3) is 2.01. The van der Waals surface area contributed by atoms with Crippen LogP contribution in [0.2, 0.25) is 0 Å². The first-order chi connectivity index (χ1) is 10.4. The van der Waals surface area contributed by atoms with E-state index in [1.54, 1.807) is 6.92 Å². The van der Waals surface area contributed by atoms with Crippen LogP contribution in [-0.4, -0.2) is 26.2 Å². The molecule has 0 amide bonds. The Kier molecular flexibility index (Phi) is 2.95. The van der Waals surface area contributed by atoms with E-state index in [2.05, 4.69) is 0 Å². The topological polar surface area (TPSA) is 107 Å². The van der Waals surface area contributed by atoms with Gasteiger partial charge in [-0.05, 0) is 24.6 Å². The van der Waals surface area contributed by atoms with Gasteiger partial charge in [-0.15, -0.1) is 0 Å². The summed E-state index contributed by atoms with van der Waals surface area (Å²) in [6, 6.07) is 6.42. The fourth-order valence-corrected chi connectivity index (χ4v) is 2.30. The van der Waals surface area contributed by atoms with Gasteiger partial charge in [0.05, 0.1) is 0 Å². The largest absolute Gasteiger partial charge is 0.508 e. The second kappa shape index (κ2) is 4.70. The average Bonchev–Trinajstić information content (AvgIpc) is 2.78. The number of phenols is 4. The number of fused-ring (bicyclic) bond motifs is 1. The molecule has 0 fully saturated rings. The Balaban J connectivity index is 2.11. The van der Waals surface area contributed by atoms with Crippen LogP contribution in [0, 0.1) is 0 Å². The van der Waals surface area contributed by atoms with Crippen molar-refractivity contribution in [2.24, 2.45) is 0 Å². The normalized spacial score (nSPS) is 15.4. The Morgan fingerprint density at radius 1 is 0.955 bits per heavy atom. The van der Waals surface area contributed by atoms with E-state index >= 15 is 0 Å². The smallest absolute Gasteiger partial charge is 0.236 e. The lowest BCUT2D eigenvalue weighted by molar-refractivity contribution is 0.101. The summed E-state index contributed by atoms with van der Waals surface area (Å²) in [7, 11) is 0. The molecule has 0 saturated carbocycles. The van der Waals surface area contributed by atoms with Crippen LogP contribution in [0.1, 0.15) is 22.8 Å². The fraction of sp³-hybridized carbons (Fsp3) is 0.0625. The standard InChI is InChI=1S/C16H12O6/c1-7(8-2-3-10(18)11(19)4-8)16-15(21)14-12(20)5-9(17)6-13(14)22-16/h2-6,17-20H,1H3/b16-7+. The number of allylic oxidation sites excluding steroid dienone is 2. The molecule has 1 heterocycles. The van der Waals surface area contributed by atoms with Crippen LogP contribution >= 0.6 is 0 Å². The van der Waals surface area contributed by atoms with E-state index in [4.69, 9.17) is 4.74 Å². The Hall–Kier alpha value is -3.15. The lowest BCUT2D eigenvalue weighted by Crippen LogP contribution is -2.02. The summed E-state index contributed by atoms with van der Waals surface area (Å²) in [6.07, 6.45) is 0. The minimum atomic E-state index is -0.516. The number of phenolic OH excluding ortho intramolecular Hbond substituents is 4. The summed E-state index contributed by atoms with van der Waals surface area (Å²) in [5, 5.41) is 38.1. The summed E-state index contributed by atoms with van der Waals surface area (Å²) in [4.78, 5) is 12.4. The van der Waals surface area contributed by atoms with Crippen LogP contribution in [0.3, 0.4) is 0 Å². The van der Waals surface area contributed by atoms with Gasteiger partial charge in [0.25, 0.3) is 0 Å². The number of benzene rings is 2. The number of hydrogen-bond donors (Lipinski definition) is 4. The SMILES string of the molecule is C/C(=C1\Oc2cc(O)cc(O)c2C1=O)c1ccc(O)c(O)c1. The minimum Gasteiger partial charge on any atom is -0.508 e. The summed E-state index contributed by atoms with van der Waals surface area (Å²) in [5.41, 5.74) is 0.890. The summed E-state index contributed by atoms with van der Waals surface area (Å²) < 4.78 is 5.43. The van der Waals surface area contributed by atoms with Crippen LogP contribution in [-0.2, 0) is 0 Å². The van der Waals surface area contributed by atoms with E-state index in [0.29, 0.717) is 11.1 Å². The van der Waals surface area contributed by atoms with Crippen LogP contribution in [0.4, 0.5) is 0 Å². The van der Waals surface area contributed by atoms with Crippen molar-refractivity contribution >= 4 is 11.4 Å². The fourth-order valence-electron chi connectivity index (χ4n) is 2.30. The van der Waals surface area contributed by atoms with Crippen molar-refractivity contribution in [1.29, 1.82) is 0 Å². The second-order valence-electron chi connectivity index (χ2n) is 4.93. The van der Waals surface area contributed by atoms with E-state index in [0.717, 1.165) is 6.07 Å². The van der Waals surface area contributed by atoms with E-state index < -0.39 is 5.78 Å². The van der Waals surface area contributed by atoms with Gasteiger partial charge in [-0.1, -0.05) is 6.07 Å². The van der Waals surface area contributed by atoms with Gasteiger partial charge in [-0.3, -0.25) is 4.79 Å². The number of hydrogen-bond acceptors (Lipinski definition) is 6. The van der Waals surface area contributed by atoms with Crippen LogP contribution < -0.4 is 4.74 Å². The number of rotatable bonds is 1.